The van der Waals surface area contributed by atoms with Gasteiger partial charge in [-0.1, -0.05) is 42.5 Å². The molecule has 38 heavy (non-hydrogen) atoms. The molecule has 5 aromatic rings. The van der Waals surface area contributed by atoms with E-state index >= 15 is 0 Å². The zero-order valence-corrected chi connectivity index (χ0v) is 22.7. The topological polar surface area (TPSA) is 80.3 Å². The summed E-state index contributed by atoms with van der Waals surface area (Å²) in [7, 11) is 1.57. The van der Waals surface area contributed by atoms with Crippen LogP contribution >= 0.6 is 34.4 Å². The molecule has 0 radical (unpaired) electrons. The highest BCUT2D eigenvalue weighted by molar-refractivity contribution is 8.00. The maximum Gasteiger partial charge on any atom is 0.255 e. The maximum absolute atomic E-state index is 13.4. The molecule has 0 spiro atoms. The van der Waals surface area contributed by atoms with Gasteiger partial charge in [-0.15, -0.1) is 34.4 Å². The minimum absolute atomic E-state index is 0.149. The van der Waals surface area contributed by atoms with Crippen molar-refractivity contribution in [2.24, 2.45) is 0 Å². The summed E-state index contributed by atoms with van der Waals surface area (Å²) in [6.45, 7) is 0. The Hall–Kier alpha value is -3.92. The first-order chi connectivity index (χ1) is 18.6. The summed E-state index contributed by atoms with van der Waals surface area (Å²) in [5.74, 6) is 0.245. The lowest BCUT2D eigenvalue weighted by atomic mass is 10.1. The number of nitrogens with zero attached hydrogens (tertiary/aromatic N) is 1. The van der Waals surface area contributed by atoms with Crippen LogP contribution in [0.2, 0.25) is 0 Å². The Morgan fingerprint density at radius 3 is 2.45 bits per heavy atom. The van der Waals surface area contributed by atoms with E-state index in [2.05, 4.69) is 15.6 Å². The Morgan fingerprint density at radius 2 is 1.71 bits per heavy atom. The molecule has 0 fully saturated rings. The maximum atomic E-state index is 13.4. The lowest BCUT2D eigenvalue weighted by molar-refractivity contribution is -0.115. The predicted octanol–water partition coefficient (Wildman–Crippen LogP) is 7.60. The van der Waals surface area contributed by atoms with Crippen LogP contribution in [0.4, 0.5) is 10.8 Å². The van der Waals surface area contributed by atoms with E-state index in [1.807, 2.05) is 77.5 Å². The van der Waals surface area contributed by atoms with Crippen LogP contribution in [0.3, 0.4) is 0 Å². The van der Waals surface area contributed by atoms with Gasteiger partial charge in [-0.25, -0.2) is 4.98 Å². The van der Waals surface area contributed by atoms with E-state index in [1.165, 1.54) is 23.1 Å². The summed E-state index contributed by atoms with van der Waals surface area (Å²) < 4.78 is 5.20. The van der Waals surface area contributed by atoms with Gasteiger partial charge in [0.1, 0.15) is 11.0 Å². The number of benzene rings is 3. The molecule has 2 heterocycles. The van der Waals surface area contributed by atoms with Crippen molar-refractivity contribution in [2.45, 2.75) is 10.1 Å². The molecule has 0 aliphatic carbocycles. The summed E-state index contributed by atoms with van der Waals surface area (Å²) in [6, 6.07) is 28.1. The second-order valence-electron chi connectivity index (χ2n) is 8.12. The van der Waals surface area contributed by atoms with Gasteiger partial charge >= 0.3 is 0 Å². The van der Waals surface area contributed by atoms with E-state index in [9.17, 15) is 9.59 Å². The van der Waals surface area contributed by atoms with Crippen molar-refractivity contribution in [3.8, 4) is 16.3 Å². The van der Waals surface area contributed by atoms with Gasteiger partial charge in [-0.05, 0) is 59.5 Å². The number of thiophene rings is 1. The monoisotopic (exact) mass is 557 g/mol. The van der Waals surface area contributed by atoms with E-state index in [4.69, 9.17) is 4.74 Å². The van der Waals surface area contributed by atoms with E-state index in [-0.39, 0.29) is 11.8 Å². The number of aromatic nitrogens is 1. The summed E-state index contributed by atoms with van der Waals surface area (Å²) in [5, 5.41) is 9.93. The number of thiazole rings is 1. The molecule has 0 aliphatic rings. The molecule has 0 saturated heterocycles. The third kappa shape index (κ3) is 6.31. The number of rotatable bonds is 9. The largest absolute Gasteiger partial charge is 0.497 e. The smallest absolute Gasteiger partial charge is 0.255 e. The predicted molar refractivity (Wildman–Crippen MR) is 156 cm³/mol. The summed E-state index contributed by atoms with van der Waals surface area (Å²) >= 11 is 4.46. The fourth-order valence-corrected chi connectivity index (χ4v) is 6.16. The van der Waals surface area contributed by atoms with Gasteiger partial charge in [-0.3, -0.25) is 9.59 Å². The number of thioether (sulfide) groups is 1. The molecule has 3 aromatic carbocycles. The van der Waals surface area contributed by atoms with Crippen LogP contribution < -0.4 is 15.4 Å². The Kier molecular flexibility index (Phi) is 8.18. The van der Waals surface area contributed by atoms with Gasteiger partial charge in [0.05, 0.1) is 17.7 Å². The van der Waals surface area contributed by atoms with Crippen LogP contribution in [0.5, 0.6) is 5.75 Å². The van der Waals surface area contributed by atoms with Crippen molar-refractivity contribution < 1.29 is 14.3 Å². The fourth-order valence-electron chi connectivity index (χ4n) is 3.66. The van der Waals surface area contributed by atoms with Gasteiger partial charge in [-0.2, -0.15) is 0 Å². The molecular weight excluding hydrogens is 535 g/mol. The Balaban J connectivity index is 1.29. The lowest BCUT2D eigenvalue weighted by Gasteiger charge is -2.16. The molecule has 0 aliphatic heterocycles. The molecule has 1 atom stereocenters. The normalized spacial score (nSPS) is 11.5. The van der Waals surface area contributed by atoms with Gasteiger partial charge in [0.15, 0.2) is 5.13 Å². The second-order valence-corrected chi connectivity index (χ2v) is 11.1. The van der Waals surface area contributed by atoms with Crippen LogP contribution in [0.15, 0.2) is 107 Å². The Bertz CT molecular complexity index is 1520. The minimum atomic E-state index is -0.484. The first-order valence-corrected chi connectivity index (χ1v) is 14.3. The van der Waals surface area contributed by atoms with E-state index in [0.29, 0.717) is 22.1 Å². The number of ether oxygens (including phenoxy) is 1. The highest BCUT2D eigenvalue weighted by Crippen LogP contribution is 2.37. The molecule has 5 rings (SSSR count). The number of carbonyl (C=O) groups is 2. The lowest BCUT2D eigenvalue weighted by Crippen LogP contribution is -2.19. The quantitative estimate of drug-likeness (QED) is 0.182. The van der Waals surface area contributed by atoms with Crippen molar-refractivity contribution in [1.29, 1.82) is 0 Å². The van der Waals surface area contributed by atoms with Crippen LogP contribution in [0.1, 0.15) is 21.2 Å². The number of hydrogen-bond donors (Lipinski definition) is 2. The van der Waals surface area contributed by atoms with Crippen molar-refractivity contribution in [1.82, 2.24) is 4.98 Å². The Morgan fingerprint density at radius 1 is 0.895 bits per heavy atom. The Labute approximate surface area is 232 Å². The van der Waals surface area contributed by atoms with Crippen LogP contribution in [0, 0.1) is 0 Å². The first kappa shape index (κ1) is 25.7. The van der Waals surface area contributed by atoms with Gasteiger partial charge in [0.25, 0.3) is 5.91 Å². The summed E-state index contributed by atoms with van der Waals surface area (Å²) in [5.41, 5.74) is 2.91. The summed E-state index contributed by atoms with van der Waals surface area (Å²) in [6.07, 6.45) is 0. The standard InChI is InChI=1S/C29H23N3O3S3/c1-35-22-10-5-9-20(17-22)27(33)30-21-12-14-23(15-13-21)38-26(19-7-3-2-4-8-19)28(34)32-29-31-24(18-37-29)25-11-6-16-36-25/h2-18,26H,1H3,(H,30,33)(H,31,32,34). The van der Waals surface area contributed by atoms with Gasteiger partial charge < -0.3 is 15.4 Å². The zero-order valence-electron chi connectivity index (χ0n) is 20.3. The highest BCUT2D eigenvalue weighted by atomic mass is 32.2. The van der Waals surface area contributed by atoms with Crippen LogP contribution in [-0.4, -0.2) is 23.9 Å². The average Bonchev–Trinajstić information content (AvgIpc) is 3.66. The number of carbonyl (C=O) groups excluding carboxylic acids is 2. The molecule has 0 bridgehead atoms. The molecule has 9 heteroatoms. The van der Waals surface area contributed by atoms with Gasteiger partial charge in [0.2, 0.25) is 5.91 Å². The number of hydrogen-bond acceptors (Lipinski definition) is 7. The van der Waals surface area contributed by atoms with Crippen LogP contribution in [0.25, 0.3) is 10.6 Å². The van der Waals surface area contributed by atoms with E-state index in [1.54, 1.807) is 42.7 Å². The molecule has 6 nitrogen and oxygen atoms in total. The third-order valence-corrected chi connectivity index (χ3v) is 8.46. The summed E-state index contributed by atoms with van der Waals surface area (Å²) in [4.78, 5) is 32.6. The first-order valence-electron chi connectivity index (χ1n) is 11.7. The molecule has 2 amide bonds. The van der Waals surface area contributed by atoms with Crippen LogP contribution in [-0.2, 0) is 4.79 Å². The average molecular weight is 558 g/mol. The molecule has 1 unspecified atom stereocenters. The van der Waals surface area contributed by atoms with Crippen molar-refractivity contribution in [3.63, 3.8) is 0 Å². The van der Waals surface area contributed by atoms with E-state index in [0.717, 1.165) is 21.0 Å². The SMILES string of the molecule is COc1cccc(C(=O)Nc2ccc(SC(C(=O)Nc3nc(-c4cccs4)cs3)c3ccccc3)cc2)c1. The number of amides is 2. The van der Waals surface area contributed by atoms with Crippen molar-refractivity contribution in [3.05, 3.63) is 113 Å². The highest BCUT2D eigenvalue weighted by Gasteiger charge is 2.23. The van der Waals surface area contributed by atoms with Crippen molar-refractivity contribution >= 4 is 57.1 Å². The third-order valence-electron chi connectivity index (χ3n) is 5.55. The van der Waals surface area contributed by atoms with E-state index < -0.39 is 5.25 Å². The molecule has 2 aromatic heterocycles. The minimum Gasteiger partial charge on any atom is -0.497 e. The zero-order chi connectivity index (χ0) is 26.3. The molecule has 2 N–H and O–H groups in total. The second kappa shape index (κ2) is 12.1. The fraction of sp³-hybridized carbons (Fsp3) is 0.0690. The number of methoxy groups -OCH3 is 1. The number of nitrogens with one attached hydrogen (secondary N) is 2. The molecular formula is C29H23N3O3S3. The number of anilines is 2. The molecule has 190 valence electrons. The molecule has 0 saturated carbocycles. The van der Waals surface area contributed by atoms with Crippen molar-refractivity contribution in [2.75, 3.05) is 17.7 Å². The van der Waals surface area contributed by atoms with Gasteiger partial charge in [0, 0.05) is 21.5 Å².